The van der Waals surface area contributed by atoms with Gasteiger partial charge in [-0.25, -0.2) is 0 Å². The maximum absolute atomic E-state index is 2.52. The summed E-state index contributed by atoms with van der Waals surface area (Å²) >= 11 is 0. The molecule has 0 saturated heterocycles. The molecule has 9 aromatic rings. The summed E-state index contributed by atoms with van der Waals surface area (Å²) in [6.45, 7) is 46.1. The molecule has 0 N–H and O–H groups in total. The topological polar surface area (TPSA) is 22.7 Å². The van der Waals surface area contributed by atoms with E-state index in [1.165, 1.54) is 106 Å². The standard InChI is InChI=1S/C76H97N7/c1-16-77(17-2)69-47-36-60(50-72(69)80(22-7)23-8)53(13)56-28-39-63(40-29-56)83(64-41-30-57(31-42-64)54(14)61-37-48-70(78(18-3)19-4)73(51-61)81(24-9)25-10)68-46-35-59-33-44-66-65(43-32-58-34-45-67(68)76(59)75(58)66)55(15)62-38-49-71(79(20-5)21-6)74(52-62)82(26-11)27-12/h28-55H,16-27H2,1-15H3. The number of hydrogen-bond acceptors (Lipinski definition) is 7. The highest BCUT2D eigenvalue weighted by molar-refractivity contribution is 6.26. The van der Waals surface area contributed by atoms with E-state index in [-0.39, 0.29) is 17.8 Å². The lowest BCUT2D eigenvalue weighted by molar-refractivity contribution is 0.827. The molecule has 0 bridgehead atoms. The van der Waals surface area contributed by atoms with Crippen LogP contribution >= 0.6 is 0 Å². The van der Waals surface area contributed by atoms with Gasteiger partial charge in [-0.05, 0) is 210 Å². The summed E-state index contributed by atoms with van der Waals surface area (Å²) in [5.74, 6) is 0.597. The third-order valence-electron chi connectivity index (χ3n) is 18.8. The molecule has 0 radical (unpaired) electrons. The Bertz CT molecular complexity index is 3420. The molecule has 0 saturated carbocycles. The Balaban J connectivity index is 1.16. The number of benzene rings is 9. The van der Waals surface area contributed by atoms with E-state index < -0.39 is 0 Å². The third kappa shape index (κ3) is 11.7. The first kappa shape index (κ1) is 60.2. The maximum Gasteiger partial charge on any atom is 0.0606 e. The summed E-state index contributed by atoms with van der Waals surface area (Å²) in [5, 5.41) is 7.78. The lowest BCUT2D eigenvalue weighted by atomic mass is 9.85. The van der Waals surface area contributed by atoms with Gasteiger partial charge in [0.2, 0.25) is 0 Å². The summed E-state index contributed by atoms with van der Waals surface area (Å²) < 4.78 is 0. The average molecular weight is 1110 g/mol. The van der Waals surface area contributed by atoms with Crippen molar-refractivity contribution in [3.05, 3.63) is 185 Å². The summed E-state index contributed by atoms with van der Waals surface area (Å²) in [6.07, 6.45) is 0. The Morgan fingerprint density at radius 2 is 0.530 bits per heavy atom. The predicted molar refractivity (Wildman–Crippen MR) is 368 cm³/mol. The molecule has 0 aliphatic rings. The summed E-state index contributed by atoms with van der Waals surface area (Å²) in [6, 6.07) is 59.6. The Morgan fingerprint density at radius 3 is 0.892 bits per heavy atom. The van der Waals surface area contributed by atoms with Crippen molar-refractivity contribution in [3.63, 3.8) is 0 Å². The van der Waals surface area contributed by atoms with E-state index in [1.54, 1.807) is 0 Å². The van der Waals surface area contributed by atoms with Crippen LogP contribution < -0.4 is 34.3 Å². The first-order valence-electron chi connectivity index (χ1n) is 32.0. The van der Waals surface area contributed by atoms with Gasteiger partial charge in [0.15, 0.2) is 0 Å². The molecule has 83 heavy (non-hydrogen) atoms. The first-order valence-corrected chi connectivity index (χ1v) is 32.0. The molecule has 436 valence electrons. The van der Waals surface area contributed by atoms with Gasteiger partial charge in [-0.1, -0.05) is 106 Å². The molecule has 7 nitrogen and oxygen atoms in total. The fourth-order valence-electron chi connectivity index (χ4n) is 13.6. The van der Waals surface area contributed by atoms with Gasteiger partial charge in [0.25, 0.3) is 0 Å². The minimum atomic E-state index is 0.186. The molecular formula is C76H97N7. The van der Waals surface area contributed by atoms with Crippen LogP contribution in [0.25, 0.3) is 32.3 Å². The zero-order valence-electron chi connectivity index (χ0n) is 53.3. The molecule has 0 heterocycles. The molecule has 0 spiro atoms. The number of nitrogens with zero attached hydrogens (tertiary/aromatic N) is 7. The predicted octanol–water partition coefficient (Wildman–Crippen LogP) is 19.6. The summed E-state index contributed by atoms with van der Waals surface area (Å²) in [7, 11) is 0. The smallest absolute Gasteiger partial charge is 0.0606 e. The van der Waals surface area contributed by atoms with Gasteiger partial charge in [-0.15, -0.1) is 0 Å². The molecule has 9 rings (SSSR count). The van der Waals surface area contributed by atoms with Crippen LogP contribution in [0, 0.1) is 0 Å². The van der Waals surface area contributed by atoms with Crippen LogP contribution in [0.3, 0.4) is 0 Å². The molecule has 3 unspecified atom stereocenters. The van der Waals surface area contributed by atoms with E-state index in [0.29, 0.717) is 0 Å². The SMILES string of the molecule is CCN(CC)c1ccc(C(C)c2ccc(N(c3ccc(C(C)c4ccc(N(CC)CC)c(N(CC)CC)c4)cc3)c3ccc4ccc5c(C(C)c6ccc(N(CC)CC)c(N(CC)CC)c6)ccc6ccc3c4c65)cc2)cc1N(CC)CC. The normalized spacial score (nSPS) is 12.7. The van der Waals surface area contributed by atoms with Gasteiger partial charge in [-0.2, -0.15) is 0 Å². The van der Waals surface area contributed by atoms with Gasteiger partial charge in [0, 0.05) is 113 Å². The van der Waals surface area contributed by atoms with Crippen LogP contribution in [0.1, 0.15) is 155 Å². The molecule has 0 fully saturated rings. The minimum absolute atomic E-state index is 0.186. The van der Waals surface area contributed by atoms with Crippen molar-refractivity contribution in [3.8, 4) is 0 Å². The van der Waals surface area contributed by atoms with E-state index in [4.69, 9.17) is 0 Å². The highest BCUT2D eigenvalue weighted by atomic mass is 15.2. The van der Waals surface area contributed by atoms with Crippen LogP contribution in [0.15, 0.2) is 152 Å². The second-order valence-corrected chi connectivity index (χ2v) is 22.6. The van der Waals surface area contributed by atoms with Crippen LogP contribution in [-0.2, 0) is 0 Å². The van der Waals surface area contributed by atoms with Crippen LogP contribution in [0.4, 0.5) is 51.2 Å². The molecule has 3 atom stereocenters. The fraction of sp³-hybridized carbons (Fsp3) is 0.395. The van der Waals surface area contributed by atoms with Gasteiger partial charge >= 0.3 is 0 Å². The maximum atomic E-state index is 2.52. The van der Waals surface area contributed by atoms with Crippen molar-refractivity contribution in [1.29, 1.82) is 0 Å². The van der Waals surface area contributed by atoms with Crippen LogP contribution in [-0.4, -0.2) is 78.5 Å². The lowest BCUT2D eigenvalue weighted by Crippen LogP contribution is -2.28. The second-order valence-electron chi connectivity index (χ2n) is 22.6. The Kier molecular flexibility index (Phi) is 19.5. The van der Waals surface area contributed by atoms with E-state index in [0.717, 1.165) is 89.9 Å². The highest BCUT2D eigenvalue weighted by Crippen LogP contribution is 2.47. The van der Waals surface area contributed by atoms with Gasteiger partial charge in [0.05, 0.1) is 39.8 Å². The van der Waals surface area contributed by atoms with Gasteiger partial charge in [-0.3, -0.25) is 0 Å². The Morgan fingerprint density at radius 1 is 0.253 bits per heavy atom. The Hall–Kier alpha value is -7.38. The molecular weight excluding hydrogens is 1010 g/mol. The minimum Gasteiger partial charge on any atom is -0.370 e. The number of hydrogen-bond donors (Lipinski definition) is 0. The first-order chi connectivity index (χ1) is 40.4. The Labute approximate surface area is 500 Å². The van der Waals surface area contributed by atoms with Crippen LogP contribution in [0.2, 0.25) is 0 Å². The number of anilines is 9. The lowest BCUT2D eigenvalue weighted by Gasteiger charge is -2.31. The van der Waals surface area contributed by atoms with E-state index in [2.05, 4.69) is 290 Å². The number of rotatable bonds is 27. The molecule has 0 amide bonds. The molecule has 0 aliphatic heterocycles. The van der Waals surface area contributed by atoms with Crippen molar-refractivity contribution in [1.82, 2.24) is 0 Å². The molecule has 0 aliphatic carbocycles. The zero-order valence-corrected chi connectivity index (χ0v) is 53.3. The summed E-state index contributed by atoms with van der Waals surface area (Å²) in [5.41, 5.74) is 19.4. The van der Waals surface area contributed by atoms with Crippen molar-refractivity contribution in [2.75, 3.05) is 113 Å². The van der Waals surface area contributed by atoms with Crippen LogP contribution in [0.5, 0.6) is 0 Å². The highest BCUT2D eigenvalue weighted by Gasteiger charge is 2.25. The van der Waals surface area contributed by atoms with E-state index in [9.17, 15) is 0 Å². The fourth-order valence-corrected chi connectivity index (χ4v) is 13.6. The molecule has 0 aromatic heterocycles. The van der Waals surface area contributed by atoms with Crippen molar-refractivity contribution >= 4 is 83.5 Å². The van der Waals surface area contributed by atoms with Gasteiger partial charge < -0.3 is 34.3 Å². The largest absolute Gasteiger partial charge is 0.370 e. The average Bonchev–Trinajstić information content (AvgIpc) is 3.71. The monoisotopic (exact) mass is 1110 g/mol. The summed E-state index contributed by atoms with van der Waals surface area (Å²) in [4.78, 5) is 17.5. The van der Waals surface area contributed by atoms with Crippen molar-refractivity contribution < 1.29 is 0 Å². The van der Waals surface area contributed by atoms with Gasteiger partial charge in [0.1, 0.15) is 0 Å². The quantitative estimate of drug-likeness (QED) is 0.0473. The second kappa shape index (κ2) is 26.9. The van der Waals surface area contributed by atoms with E-state index in [1.807, 2.05) is 0 Å². The molecule has 7 heteroatoms. The van der Waals surface area contributed by atoms with Crippen molar-refractivity contribution in [2.24, 2.45) is 0 Å². The molecule has 9 aromatic carbocycles. The van der Waals surface area contributed by atoms with Crippen molar-refractivity contribution in [2.45, 2.75) is 122 Å². The third-order valence-corrected chi connectivity index (χ3v) is 18.8. The van der Waals surface area contributed by atoms with E-state index >= 15 is 0 Å². The zero-order chi connectivity index (χ0) is 59.1.